The molecule has 7 nitrogen and oxygen atoms in total. The molecule has 1 atom stereocenters. The summed E-state index contributed by atoms with van der Waals surface area (Å²) in [5.41, 5.74) is 0.257. The summed E-state index contributed by atoms with van der Waals surface area (Å²) in [4.78, 5) is 28.3. The van der Waals surface area contributed by atoms with Gasteiger partial charge < -0.3 is 20.1 Å². The number of aromatic nitrogens is 1. The number of carbonyl (C=O) groups excluding carboxylic acids is 2. The van der Waals surface area contributed by atoms with Gasteiger partial charge >= 0.3 is 18.9 Å². The summed E-state index contributed by atoms with van der Waals surface area (Å²) in [6, 6.07) is 11.6. The second kappa shape index (κ2) is 12.3. The quantitative estimate of drug-likeness (QED) is 0.291. The van der Waals surface area contributed by atoms with Crippen LogP contribution in [0.1, 0.15) is 60.8 Å². The zero-order valence-corrected chi connectivity index (χ0v) is 22.1. The highest BCUT2D eigenvalue weighted by Crippen LogP contribution is 2.34. The van der Waals surface area contributed by atoms with E-state index in [9.17, 15) is 31.5 Å². The van der Waals surface area contributed by atoms with Crippen LogP contribution in [-0.4, -0.2) is 29.2 Å². The van der Waals surface area contributed by atoms with Crippen LogP contribution in [0.25, 0.3) is 11.1 Å². The van der Waals surface area contributed by atoms with Gasteiger partial charge in [-0.25, -0.2) is 9.78 Å². The molecule has 0 aliphatic rings. The van der Waals surface area contributed by atoms with Crippen molar-refractivity contribution in [2.75, 3.05) is 0 Å². The number of carbonyl (C=O) groups is 2. The Hall–Kier alpha value is -4.22. The molecule has 2 N–H and O–H groups in total. The maximum atomic E-state index is 13.5. The number of hydrogen-bond acceptors (Lipinski definition) is 5. The fourth-order valence-corrected chi connectivity index (χ4v) is 3.68. The SMILES string of the molecule is C[C@@H](NC(=O)c1ccnc(OC(F)F)c1)c1ccc(-c2cc(C(F)(F)F)ccc2CNC(=O)OC(C)(C)C)cc1. The zero-order valence-electron chi connectivity index (χ0n) is 22.1. The highest BCUT2D eigenvalue weighted by Gasteiger charge is 2.31. The van der Waals surface area contributed by atoms with Crippen molar-refractivity contribution in [1.82, 2.24) is 15.6 Å². The Bertz CT molecular complexity index is 1340. The number of alkyl halides is 5. The second-order valence-electron chi connectivity index (χ2n) is 9.80. The van der Waals surface area contributed by atoms with E-state index in [0.29, 0.717) is 16.7 Å². The molecular weight excluding hydrogens is 537 g/mol. The molecule has 0 aliphatic heterocycles. The number of pyridine rings is 1. The highest BCUT2D eigenvalue weighted by molar-refractivity contribution is 5.94. The fourth-order valence-electron chi connectivity index (χ4n) is 3.68. The molecule has 0 radical (unpaired) electrons. The molecule has 1 heterocycles. The van der Waals surface area contributed by atoms with E-state index in [1.807, 2.05) is 0 Å². The van der Waals surface area contributed by atoms with E-state index in [0.717, 1.165) is 24.4 Å². The van der Waals surface area contributed by atoms with Crippen LogP contribution in [-0.2, 0) is 17.5 Å². The summed E-state index contributed by atoms with van der Waals surface area (Å²) in [6.07, 6.45) is -4.12. The third-order valence-corrected chi connectivity index (χ3v) is 5.54. The van der Waals surface area contributed by atoms with Crippen molar-refractivity contribution in [2.45, 2.75) is 58.7 Å². The Labute approximate surface area is 227 Å². The molecule has 2 amide bonds. The summed E-state index contributed by atoms with van der Waals surface area (Å²) in [5.74, 6) is -0.968. The molecule has 0 saturated carbocycles. The average molecular weight is 566 g/mol. The smallest absolute Gasteiger partial charge is 0.416 e. The molecule has 2 aromatic carbocycles. The monoisotopic (exact) mass is 565 g/mol. The number of nitrogens with zero attached hydrogens (tertiary/aromatic N) is 1. The van der Waals surface area contributed by atoms with E-state index in [2.05, 4.69) is 20.4 Å². The van der Waals surface area contributed by atoms with Gasteiger partial charge in [-0.15, -0.1) is 0 Å². The Morgan fingerprint density at radius 3 is 2.25 bits per heavy atom. The number of ether oxygens (including phenoxy) is 2. The van der Waals surface area contributed by atoms with Gasteiger partial charge in [-0.1, -0.05) is 30.3 Å². The van der Waals surface area contributed by atoms with Crippen molar-refractivity contribution < 1.29 is 41.0 Å². The van der Waals surface area contributed by atoms with E-state index in [1.54, 1.807) is 52.0 Å². The van der Waals surface area contributed by atoms with E-state index in [-0.39, 0.29) is 17.7 Å². The molecule has 12 heteroatoms. The van der Waals surface area contributed by atoms with Crippen molar-refractivity contribution in [3.63, 3.8) is 0 Å². The lowest BCUT2D eigenvalue weighted by molar-refractivity contribution is -0.137. The lowest BCUT2D eigenvalue weighted by atomic mass is 9.95. The molecule has 0 bridgehead atoms. The maximum Gasteiger partial charge on any atom is 0.416 e. The first kappa shape index (κ1) is 30.3. The van der Waals surface area contributed by atoms with Gasteiger partial charge in [0.1, 0.15) is 5.60 Å². The molecule has 3 aromatic rings. The number of amides is 2. The molecule has 40 heavy (non-hydrogen) atoms. The molecular formula is C28H28F5N3O4. The van der Waals surface area contributed by atoms with Crippen LogP contribution < -0.4 is 15.4 Å². The molecule has 0 spiro atoms. The summed E-state index contributed by atoms with van der Waals surface area (Å²) in [6.45, 7) is 3.60. The van der Waals surface area contributed by atoms with E-state index in [1.165, 1.54) is 12.1 Å². The summed E-state index contributed by atoms with van der Waals surface area (Å²) >= 11 is 0. The second-order valence-corrected chi connectivity index (χ2v) is 9.80. The minimum atomic E-state index is -4.57. The maximum absolute atomic E-state index is 13.5. The van der Waals surface area contributed by atoms with Crippen molar-refractivity contribution in [3.8, 4) is 17.0 Å². The molecule has 3 rings (SSSR count). The predicted octanol–water partition coefficient (Wildman–Crippen LogP) is 6.88. The van der Waals surface area contributed by atoms with E-state index < -0.39 is 47.9 Å². The van der Waals surface area contributed by atoms with Crippen LogP contribution in [0.2, 0.25) is 0 Å². The predicted molar refractivity (Wildman–Crippen MR) is 137 cm³/mol. The number of benzene rings is 2. The van der Waals surface area contributed by atoms with Gasteiger partial charge in [0.15, 0.2) is 0 Å². The van der Waals surface area contributed by atoms with Crippen LogP contribution in [0, 0.1) is 0 Å². The van der Waals surface area contributed by atoms with Gasteiger partial charge in [-0.2, -0.15) is 22.0 Å². The van der Waals surface area contributed by atoms with Gasteiger partial charge in [0.2, 0.25) is 5.88 Å². The number of hydrogen-bond donors (Lipinski definition) is 2. The normalized spacial score (nSPS) is 12.6. The summed E-state index contributed by atoms with van der Waals surface area (Å²) in [5, 5.41) is 5.28. The molecule has 0 fully saturated rings. The molecule has 0 unspecified atom stereocenters. The van der Waals surface area contributed by atoms with Crippen LogP contribution in [0.5, 0.6) is 5.88 Å². The first-order valence-corrected chi connectivity index (χ1v) is 12.1. The van der Waals surface area contributed by atoms with Gasteiger partial charge in [0.25, 0.3) is 5.91 Å². The first-order valence-electron chi connectivity index (χ1n) is 12.1. The third-order valence-electron chi connectivity index (χ3n) is 5.54. The average Bonchev–Trinajstić information content (AvgIpc) is 2.85. The number of rotatable bonds is 8. The minimum Gasteiger partial charge on any atom is -0.444 e. The van der Waals surface area contributed by atoms with Crippen LogP contribution in [0.3, 0.4) is 0 Å². The standard InChI is InChI=1S/C28H28F5N3O4/c1-16(36-24(37)19-11-12-34-23(13-19)39-25(29)30)17-5-7-18(8-6-17)22-14-21(28(31,32)33)10-9-20(22)15-35-26(38)40-27(2,3)4/h5-14,16,25H,15H2,1-4H3,(H,35,38)(H,36,37)/t16-/m1/s1. The van der Waals surface area contributed by atoms with Gasteiger partial charge in [-0.05, 0) is 68.1 Å². The topological polar surface area (TPSA) is 89.5 Å². The summed E-state index contributed by atoms with van der Waals surface area (Å²) in [7, 11) is 0. The lowest BCUT2D eigenvalue weighted by Gasteiger charge is -2.20. The van der Waals surface area contributed by atoms with Crippen molar-refractivity contribution in [1.29, 1.82) is 0 Å². The van der Waals surface area contributed by atoms with Crippen molar-refractivity contribution in [2.24, 2.45) is 0 Å². The zero-order chi connectivity index (χ0) is 29.7. The van der Waals surface area contributed by atoms with Crippen LogP contribution >= 0.6 is 0 Å². The van der Waals surface area contributed by atoms with Gasteiger partial charge in [0, 0.05) is 24.4 Å². The number of alkyl carbamates (subject to hydrolysis) is 1. The van der Waals surface area contributed by atoms with Crippen LogP contribution in [0.4, 0.5) is 26.7 Å². The van der Waals surface area contributed by atoms with E-state index in [4.69, 9.17) is 4.74 Å². The molecule has 0 saturated heterocycles. The molecule has 0 aliphatic carbocycles. The minimum absolute atomic E-state index is 0.0558. The number of nitrogens with one attached hydrogen (secondary N) is 2. The molecule has 1 aromatic heterocycles. The fraction of sp³-hybridized carbons (Fsp3) is 0.321. The molecule has 214 valence electrons. The van der Waals surface area contributed by atoms with E-state index >= 15 is 0 Å². The lowest BCUT2D eigenvalue weighted by Crippen LogP contribution is -2.32. The number of halogens is 5. The first-order chi connectivity index (χ1) is 18.6. The van der Waals surface area contributed by atoms with Gasteiger partial charge in [-0.3, -0.25) is 4.79 Å². The Morgan fingerprint density at radius 1 is 0.975 bits per heavy atom. The Morgan fingerprint density at radius 2 is 1.65 bits per heavy atom. The van der Waals surface area contributed by atoms with Gasteiger partial charge in [0.05, 0.1) is 11.6 Å². The summed E-state index contributed by atoms with van der Waals surface area (Å²) < 4.78 is 74.7. The highest BCUT2D eigenvalue weighted by atomic mass is 19.4. The van der Waals surface area contributed by atoms with Crippen LogP contribution in [0.15, 0.2) is 60.8 Å². The third kappa shape index (κ3) is 8.65. The van der Waals surface area contributed by atoms with Crippen molar-refractivity contribution >= 4 is 12.0 Å². The van der Waals surface area contributed by atoms with Crippen molar-refractivity contribution in [3.05, 3.63) is 83.0 Å². The Kier molecular flexibility index (Phi) is 9.33. The largest absolute Gasteiger partial charge is 0.444 e. The Balaban J connectivity index is 1.80.